The van der Waals surface area contributed by atoms with Crippen LogP contribution in [0.15, 0.2) is 91.0 Å². The Kier molecular flexibility index (Phi) is 7.55. The lowest BCUT2D eigenvalue weighted by Crippen LogP contribution is -2.22. The maximum absolute atomic E-state index is 13.0. The molecule has 0 aliphatic carbocycles. The van der Waals surface area contributed by atoms with Crippen molar-refractivity contribution in [3.63, 3.8) is 0 Å². The maximum Gasteiger partial charge on any atom is 0.336 e. The molecular weight excluding hydrogens is 508 g/mol. The van der Waals surface area contributed by atoms with Gasteiger partial charge in [-0.2, -0.15) is 0 Å². The highest BCUT2D eigenvalue weighted by molar-refractivity contribution is 5.99. The molecule has 0 fully saturated rings. The van der Waals surface area contributed by atoms with Crippen LogP contribution in [-0.4, -0.2) is 21.6 Å². The molecule has 41 heavy (non-hydrogen) atoms. The number of nitrogens with zero attached hydrogens (tertiary/aromatic N) is 1. The SMILES string of the molecule is Cc1c(C)n(Cc2ccc(-c3ccccc3C(=O)O)cc2)c2ccc(C(=O)NCc3ccc(C(C)(C)C)cc3)cc12. The summed E-state index contributed by atoms with van der Waals surface area (Å²) in [6.07, 6.45) is 0. The zero-order chi connectivity index (χ0) is 29.3. The molecule has 0 atom stereocenters. The Morgan fingerprint density at radius 2 is 1.49 bits per heavy atom. The molecule has 1 aromatic heterocycles. The van der Waals surface area contributed by atoms with E-state index in [1.165, 1.54) is 5.56 Å². The highest BCUT2D eigenvalue weighted by Crippen LogP contribution is 2.29. The smallest absolute Gasteiger partial charge is 0.336 e. The average molecular weight is 545 g/mol. The van der Waals surface area contributed by atoms with Gasteiger partial charge in [-0.25, -0.2) is 4.79 Å². The molecule has 0 saturated carbocycles. The van der Waals surface area contributed by atoms with E-state index < -0.39 is 5.97 Å². The van der Waals surface area contributed by atoms with E-state index in [0.717, 1.165) is 38.9 Å². The Balaban J connectivity index is 1.33. The number of aromatic nitrogens is 1. The first-order chi connectivity index (χ1) is 19.5. The molecule has 0 spiro atoms. The lowest BCUT2D eigenvalue weighted by Gasteiger charge is -2.19. The van der Waals surface area contributed by atoms with Crippen molar-refractivity contribution in [1.29, 1.82) is 0 Å². The van der Waals surface area contributed by atoms with Crippen LogP contribution in [0.2, 0.25) is 0 Å². The van der Waals surface area contributed by atoms with E-state index in [9.17, 15) is 14.7 Å². The second kappa shape index (κ2) is 11.1. The number of hydrogen-bond donors (Lipinski definition) is 2. The van der Waals surface area contributed by atoms with Crippen molar-refractivity contribution in [3.05, 3.63) is 130 Å². The summed E-state index contributed by atoms with van der Waals surface area (Å²) in [6.45, 7) is 11.9. The second-order valence-corrected chi connectivity index (χ2v) is 11.7. The number of hydrogen-bond acceptors (Lipinski definition) is 2. The first-order valence-electron chi connectivity index (χ1n) is 13.9. The molecule has 0 bridgehead atoms. The van der Waals surface area contributed by atoms with Gasteiger partial charge in [-0.05, 0) is 76.9 Å². The minimum Gasteiger partial charge on any atom is -0.478 e. The topological polar surface area (TPSA) is 71.3 Å². The van der Waals surface area contributed by atoms with E-state index in [-0.39, 0.29) is 11.3 Å². The van der Waals surface area contributed by atoms with Crippen molar-refractivity contribution in [2.45, 2.75) is 53.1 Å². The average Bonchev–Trinajstić information content (AvgIpc) is 3.20. The van der Waals surface area contributed by atoms with Crippen molar-refractivity contribution >= 4 is 22.8 Å². The third-order valence-electron chi connectivity index (χ3n) is 7.94. The quantitative estimate of drug-likeness (QED) is 0.219. The number of aromatic carboxylic acids is 1. The van der Waals surface area contributed by atoms with Gasteiger partial charge in [0.2, 0.25) is 0 Å². The number of nitrogens with one attached hydrogen (secondary N) is 1. The monoisotopic (exact) mass is 544 g/mol. The number of carbonyl (C=O) groups is 2. The summed E-state index contributed by atoms with van der Waals surface area (Å²) in [5.74, 6) is -1.02. The van der Waals surface area contributed by atoms with Crippen LogP contribution < -0.4 is 5.32 Å². The molecule has 2 N–H and O–H groups in total. The fourth-order valence-corrected chi connectivity index (χ4v) is 5.30. The number of carboxylic acid groups (broad SMARTS) is 1. The van der Waals surface area contributed by atoms with Gasteiger partial charge in [0.05, 0.1) is 5.56 Å². The van der Waals surface area contributed by atoms with Crippen LogP contribution in [0.25, 0.3) is 22.0 Å². The third kappa shape index (κ3) is 5.80. The molecule has 4 aromatic carbocycles. The van der Waals surface area contributed by atoms with E-state index in [1.807, 2.05) is 54.6 Å². The molecule has 5 nitrogen and oxygen atoms in total. The molecule has 5 aromatic rings. The zero-order valence-electron chi connectivity index (χ0n) is 24.3. The van der Waals surface area contributed by atoms with E-state index in [0.29, 0.717) is 29.8 Å². The van der Waals surface area contributed by atoms with Crippen LogP contribution in [-0.2, 0) is 18.5 Å². The highest BCUT2D eigenvalue weighted by atomic mass is 16.4. The van der Waals surface area contributed by atoms with Gasteiger partial charge in [0, 0.05) is 35.2 Å². The second-order valence-electron chi connectivity index (χ2n) is 11.7. The number of aryl methyl sites for hydroxylation is 1. The van der Waals surface area contributed by atoms with Crippen molar-refractivity contribution in [2.24, 2.45) is 0 Å². The number of amides is 1. The minimum absolute atomic E-state index is 0.0890. The maximum atomic E-state index is 13.0. The zero-order valence-corrected chi connectivity index (χ0v) is 24.3. The Morgan fingerprint density at radius 1 is 0.829 bits per heavy atom. The summed E-state index contributed by atoms with van der Waals surface area (Å²) >= 11 is 0. The van der Waals surface area contributed by atoms with Crippen LogP contribution in [0.5, 0.6) is 0 Å². The summed E-state index contributed by atoms with van der Waals surface area (Å²) in [5.41, 5.74) is 9.45. The summed E-state index contributed by atoms with van der Waals surface area (Å²) < 4.78 is 2.27. The van der Waals surface area contributed by atoms with E-state index in [2.05, 4.69) is 68.8 Å². The van der Waals surface area contributed by atoms with Crippen LogP contribution in [0.4, 0.5) is 0 Å². The van der Waals surface area contributed by atoms with Gasteiger partial charge in [0.25, 0.3) is 5.91 Å². The molecule has 5 rings (SSSR count). The van der Waals surface area contributed by atoms with E-state index in [1.54, 1.807) is 12.1 Å². The van der Waals surface area contributed by atoms with Crippen molar-refractivity contribution < 1.29 is 14.7 Å². The third-order valence-corrected chi connectivity index (χ3v) is 7.94. The Morgan fingerprint density at radius 3 is 2.15 bits per heavy atom. The standard InChI is InChI=1S/C36H36N2O3/c1-23-24(2)38(22-26-10-14-27(15-11-26)30-8-6-7-9-31(30)35(40)41)33-19-16-28(20-32(23)33)34(39)37-21-25-12-17-29(18-13-25)36(3,4)5/h6-20H,21-22H2,1-5H3,(H,37,39)(H,40,41). The minimum atomic E-state index is -0.933. The summed E-state index contributed by atoms with van der Waals surface area (Å²) in [4.78, 5) is 24.7. The van der Waals surface area contributed by atoms with Gasteiger partial charge >= 0.3 is 5.97 Å². The van der Waals surface area contributed by atoms with Gasteiger partial charge in [-0.15, -0.1) is 0 Å². The number of carboxylic acids is 1. The molecular formula is C36H36N2O3. The van der Waals surface area contributed by atoms with Crippen LogP contribution >= 0.6 is 0 Å². The van der Waals surface area contributed by atoms with Gasteiger partial charge < -0.3 is 15.0 Å². The number of carbonyl (C=O) groups excluding carboxylic acids is 1. The first-order valence-corrected chi connectivity index (χ1v) is 13.9. The molecule has 0 aliphatic rings. The van der Waals surface area contributed by atoms with Gasteiger partial charge in [0.1, 0.15) is 0 Å². The van der Waals surface area contributed by atoms with Gasteiger partial charge in [0.15, 0.2) is 0 Å². The van der Waals surface area contributed by atoms with Crippen LogP contribution in [0.1, 0.15) is 69.4 Å². The lowest BCUT2D eigenvalue weighted by molar-refractivity contribution is 0.0697. The Hall–Kier alpha value is -4.64. The van der Waals surface area contributed by atoms with Crippen LogP contribution in [0, 0.1) is 13.8 Å². The number of rotatable bonds is 7. The Bertz CT molecular complexity index is 1740. The predicted octanol–water partition coefficient (Wildman–Crippen LogP) is 7.90. The van der Waals surface area contributed by atoms with E-state index in [4.69, 9.17) is 0 Å². The van der Waals surface area contributed by atoms with Crippen molar-refractivity contribution in [2.75, 3.05) is 0 Å². The molecule has 0 unspecified atom stereocenters. The number of benzene rings is 4. The molecule has 5 heteroatoms. The largest absolute Gasteiger partial charge is 0.478 e. The van der Waals surface area contributed by atoms with Crippen molar-refractivity contribution in [3.8, 4) is 11.1 Å². The number of fused-ring (bicyclic) bond motifs is 1. The molecule has 1 amide bonds. The van der Waals surface area contributed by atoms with E-state index >= 15 is 0 Å². The lowest BCUT2D eigenvalue weighted by atomic mass is 9.87. The molecule has 0 aliphatic heterocycles. The summed E-state index contributed by atoms with van der Waals surface area (Å²) in [7, 11) is 0. The summed E-state index contributed by atoms with van der Waals surface area (Å²) in [6, 6.07) is 29.4. The van der Waals surface area contributed by atoms with Gasteiger partial charge in [-0.3, -0.25) is 4.79 Å². The fraction of sp³-hybridized carbons (Fsp3) is 0.222. The normalized spacial score (nSPS) is 11.5. The van der Waals surface area contributed by atoms with Crippen molar-refractivity contribution in [1.82, 2.24) is 9.88 Å². The summed E-state index contributed by atoms with van der Waals surface area (Å²) in [5, 5.41) is 13.7. The fourth-order valence-electron chi connectivity index (χ4n) is 5.30. The van der Waals surface area contributed by atoms with Gasteiger partial charge in [-0.1, -0.05) is 87.5 Å². The molecule has 0 radical (unpaired) electrons. The molecule has 208 valence electrons. The highest BCUT2D eigenvalue weighted by Gasteiger charge is 2.16. The molecule has 1 heterocycles. The first kappa shape index (κ1) is 27.9. The predicted molar refractivity (Wildman–Crippen MR) is 166 cm³/mol. The Labute approximate surface area is 241 Å². The van der Waals surface area contributed by atoms with Crippen LogP contribution in [0.3, 0.4) is 0 Å². The molecule has 0 saturated heterocycles.